The largest absolute Gasteiger partial charge is 0.457 e. The summed E-state index contributed by atoms with van der Waals surface area (Å²) in [5.41, 5.74) is -0.795. The van der Waals surface area contributed by atoms with E-state index in [1.165, 1.54) is 6.42 Å². The predicted molar refractivity (Wildman–Crippen MR) is 150 cm³/mol. The van der Waals surface area contributed by atoms with Crippen LogP contribution in [-0.2, 0) is 28.6 Å². The van der Waals surface area contributed by atoms with Crippen molar-refractivity contribution in [2.75, 3.05) is 6.61 Å². The van der Waals surface area contributed by atoms with Crippen molar-refractivity contribution in [3.8, 4) is 0 Å². The van der Waals surface area contributed by atoms with Gasteiger partial charge in [0.25, 0.3) is 0 Å². The fraction of sp³-hybridized carbons (Fsp3) is 0.788. The fourth-order valence-electron chi connectivity index (χ4n) is 9.20. The molecule has 9 atom stereocenters. The maximum atomic E-state index is 14.2. The second-order valence-corrected chi connectivity index (χ2v) is 13.7. The van der Waals surface area contributed by atoms with E-state index in [4.69, 9.17) is 14.2 Å². The van der Waals surface area contributed by atoms with Gasteiger partial charge in [-0.15, -0.1) is 0 Å². The third-order valence-electron chi connectivity index (χ3n) is 11.1. The lowest BCUT2D eigenvalue weighted by Crippen LogP contribution is -2.62. The molecule has 1 aliphatic heterocycles. The smallest absolute Gasteiger partial charge is 0.308 e. The fourth-order valence-corrected chi connectivity index (χ4v) is 9.20. The Labute approximate surface area is 239 Å². The Kier molecular flexibility index (Phi) is 8.49. The predicted octanol–water partition coefficient (Wildman–Crippen LogP) is 5.34. The number of hydrogen-bond acceptors (Lipinski definition) is 7. The van der Waals surface area contributed by atoms with E-state index in [9.17, 15) is 19.5 Å². The molecule has 7 nitrogen and oxygen atoms in total. The van der Waals surface area contributed by atoms with Crippen molar-refractivity contribution in [1.29, 1.82) is 0 Å². The van der Waals surface area contributed by atoms with Crippen LogP contribution in [0.1, 0.15) is 92.4 Å². The maximum absolute atomic E-state index is 14.2. The standard InChI is InChI=1S/C33H48O7/c1-6-10-23(34)15-22-13-14-24-25-16-28-33(27(36)18-38-30(37)19(2)3,32(25,5)17-26(35)29(24)20(22)4)40-31(39-28)21-11-8-7-9-12-21/h6,10,15,19-21,24-26,28-29,31,35H,7-9,11-14,16-18H2,1-5H3/b10-6-,22-15-/t20-,24?,25?,26+,28-,29?,31-,32+,33-/m1/s1. The summed E-state index contributed by atoms with van der Waals surface area (Å²) in [6, 6.07) is 0. The monoisotopic (exact) mass is 556 g/mol. The van der Waals surface area contributed by atoms with Gasteiger partial charge in [-0.25, -0.2) is 0 Å². The van der Waals surface area contributed by atoms with Crippen LogP contribution in [0, 0.1) is 40.9 Å². The number of hydrogen-bond donors (Lipinski definition) is 1. The zero-order valence-corrected chi connectivity index (χ0v) is 24.9. The van der Waals surface area contributed by atoms with Crippen molar-refractivity contribution >= 4 is 17.5 Å². The van der Waals surface area contributed by atoms with Gasteiger partial charge < -0.3 is 19.3 Å². The molecule has 0 aromatic heterocycles. The zero-order valence-electron chi connectivity index (χ0n) is 24.9. The molecule has 1 saturated heterocycles. The summed E-state index contributed by atoms with van der Waals surface area (Å²) in [5.74, 6) is -0.329. The lowest BCUT2D eigenvalue weighted by molar-refractivity contribution is -0.207. The Bertz CT molecular complexity index is 1060. The lowest BCUT2D eigenvalue weighted by Gasteiger charge is -2.56. The number of aliphatic hydroxyl groups excluding tert-OH is 1. The second-order valence-electron chi connectivity index (χ2n) is 13.7. The van der Waals surface area contributed by atoms with Crippen molar-refractivity contribution < 1.29 is 33.7 Å². The third-order valence-corrected chi connectivity index (χ3v) is 11.1. The van der Waals surface area contributed by atoms with Gasteiger partial charge in [-0.3, -0.25) is 14.4 Å². The highest BCUT2D eigenvalue weighted by Gasteiger charge is 2.75. The van der Waals surface area contributed by atoms with E-state index in [0.717, 1.165) is 44.1 Å². The quantitative estimate of drug-likeness (QED) is 0.334. The molecule has 0 radical (unpaired) electrons. The van der Waals surface area contributed by atoms with Gasteiger partial charge in [-0.1, -0.05) is 58.6 Å². The molecule has 7 heteroatoms. The average molecular weight is 557 g/mol. The van der Waals surface area contributed by atoms with Crippen LogP contribution in [0.15, 0.2) is 23.8 Å². The third kappa shape index (κ3) is 4.84. The van der Waals surface area contributed by atoms with Crippen LogP contribution in [0.5, 0.6) is 0 Å². The van der Waals surface area contributed by atoms with Crippen LogP contribution >= 0.6 is 0 Å². The molecule has 40 heavy (non-hydrogen) atoms. The van der Waals surface area contributed by atoms with Crippen LogP contribution in [0.3, 0.4) is 0 Å². The van der Waals surface area contributed by atoms with Crippen molar-refractivity contribution in [3.63, 3.8) is 0 Å². The Morgan fingerprint density at radius 3 is 2.55 bits per heavy atom. The Morgan fingerprint density at radius 2 is 1.88 bits per heavy atom. The van der Waals surface area contributed by atoms with E-state index in [2.05, 4.69) is 13.8 Å². The molecule has 0 bridgehead atoms. The molecule has 3 unspecified atom stereocenters. The first kappa shape index (κ1) is 29.7. The van der Waals surface area contributed by atoms with E-state index in [1.807, 2.05) is 6.92 Å². The molecular formula is C33H48O7. The number of ketones is 2. The molecule has 1 heterocycles. The van der Waals surface area contributed by atoms with E-state index in [1.54, 1.807) is 32.1 Å². The zero-order chi connectivity index (χ0) is 28.8. The Morgan fingerprint density at radius 1 is 1.15 bits per heavy atom. The van der Waals surface area contributed by atoms with Crippen molar-refractivity contribution in [1.82, 2.24) is 0 Å². The molecule has 1 N–H and O–H groups in total. The van der Waals surface area contributed by atoms with Crippen molar-refractivity contribution in [2.24, 2.45) is 40.9 Å². The SMILES string of the molecule is C/C=C\C(=O)/C=C1/CCC2C([C@@H]1C)[C@@H](O)C[C@@]1(C)C2C[C@H]2O[C@@H](C3CCCCC3)O[C@]21C(=O)COC(=O)C(C)C. The van der Waals surface area contributed by atoms with Crippen LogP contribution in [0.2, 0.25) is 0 Å². The molecule has 5 aliphatic rings. The number of fused-ring (bicyclic) bond motifs is 5. The van der Waals surface area contributed by atoms with Crippen molar-refractivity contribution in [3.05, 3.63) is 23.8 Å². The Balaban J connectivity index is 1.45. The minimum atomic E-state index is -1.25. The van der Waals surface area contributed by atoms with E-state index in [-0.39, 0.29) is 53.7 Å². The summed E-state index contributed by atoms with van der Waals surface area (Å²) in [6.45, 7) is 9.25. The van der Waals surface area contributed by atoms with E-state index < -0.39 is 35.5 Å². The molecule has 0 aromatic rings. The first-order chi connectivity index (χ1) is 19.0. The molecule has 4 aliphatic carbocycles. The summed E-state index contributed by atoms with van der Waals surface area (Å²) in [7, 11) is 0. The van der Waals surface area contributed by atoms with Crippen molar-refractivity contribution in [2.45, 2.75) is 117 Å². The van der Waals surface area contributed by atoms with Crippen LogP contribution in [0.25, 0.3) is 0 Å². The first-order valence-corrected chi connectivity index (χ1v) is 15.6. The van der Waals surface area contributed by atoms with E-state index >= 15 is 0 Å². The summed E-state index contributed by atoms with van der Waals surface area (Å²) >= 11 is 0. The van der Waals surface area contributed by atoms with Gasteiger partial charge in [-0.2, -0.15) is 0 Å². The lowest BCUT2D eigenvalue weighted by atomic mass is 9.50. The number of aliphatic hydroxyl groups is 1. The van der Waals surface area contributed by atoms with Gasteiger partial charge >= 0.3 is 5.97 Å². The summed E-state index contributed by atoms with van der Waals surface area (Å²) < 4.78 is 19.0. The number of allylic oxidation sites excluding steroid dienone is 4. The minimum absolute atomic E-state index is 0.00960. The van der Waals surface area contributed by atoms with Gasteiger partial charge in [-0.05, 0) is 81.3 Å². The molecule has 4 saturated carbocycles. The average Bonchev–Trinajstić information content (AvgIpc) is 3.42. The summed E-state index contributed by atoms with van der Waals surface area (Å²) in [5, 5.41) is 11.7. The molecule has 0 spiro atoms. The molecule has 222 valence electrons. The van der Waals surface area contributed by atoms with Crippen LogP contribution in [-0.4, -0.2) is 53.3 Å². The first-order valence-electron chi connectivity index (χ1n) is 15.6. The van der Waals surface area contributed by atoms with E-state index in [0.29, 0.717) is 12.8 Å². The normalized spacial score (nSPS) is 42.6. The molecular weight excluding hydrogens is 508 g/mol. The molecule has 0 aromatic carbocycles. The topological polar surface area (TPSA) is 99.1 Å². The van der Waals surface area contributed by atoms with Gasteiger partial charge in [0.05, 0.1) is 18.1 Å². The van der Waals surface area contributed by atoms with Gasteiger partial charge in [0.2, 0.25) is 5.78 Å². The van der Waals surface area contributed by atoms with Gasteiger partial charge in [0, 0.05) is 11.3 Å². The second kappa shape index (κ2) is 11.4. The highest BCUT2D eigenvalue weighted by atomic mass is 16.7. The number of ether oxygens (including phenoxy) is 3. The highest BCUT2D eigenvalue weighted by Crippen LogP contribution is 2.68. The number of Topliss-reactive ketones (excluding diaryl/α,β-unsaturated/α-hetero) is 1. The molecule has 5 fully saturated rings. The van der Waals surface area contributed by atoms with Gasteiger partial charge in [0.1, 0.15) is 0 Å². The number of carbonyl (C=O) groups is 3. The highest BCUT2D eigenvalue weighted by molar-refractivity contribution is 5.99. The molecule has 0 amide bonds. The molecule has 5 rings (SSSR count). The van der Waals surface area contributed by atoms with Gasteiger partial charge in [0.15, 0.2) is 24.3 Å². The Hall–Kier alpha value is -1.83. The number of rotatable bonds is 7. The van der Waals surface area contributed by atoms with Crippen LogP contribution < -0.4 is 0 Å². The van der Waals surface area contributed by atoms with Crippen LogP contribution in [0.4, 0.5) is 0 Å². The number of esters is 1. The number of carbonyl (C=O) groups excluding carboxylic acids is 3. The summed E-state index contributed by atoms with van der Waals surface area (Å²) in [6.07, 6.45) is 11.9. The minimum Gasteiger partial charge on any atom is -0.457 e. The maximum Gasteiger partial charge on any atom is 0.308 e. The summed E-state index contributed by atoms with van der Waals surface area (Å²) in [4.78, 5) is 38.9.